The topological polar surface area (TPSA) is 71.0 Å². The Bertz CT molecular complexity index is 915. The number of aromatic nitrogens is 3. The Morgan fingerprint density at radius 1 is 1.07 bits per heavy atom. The molecule has 1 amide bonds. The monoisotopic (exact) mass is 387 g/mol. The van der Waals surface area contributed by atoms with Crippen molar-refractivity contribution in [1.29, 1.82) is 0 Å². The minimum atomic E-state index is 0.0463. The average Bonchev–Trinajstić information content (AvgIpc) is 2.76. The van der Waals surface area contributed by atoms with Crippen LogP contribution < -0.4 is 5.32 Å². The van der Waals surface area contributed by atoms with Crippen molar-refractivity contribution in [3.8, 4) is 11.1 Å². The van der Waals surface area contributed by atoms with Crippen LogP contribution >= 0.6 is 0 Å². The number of nitrogens with zero attached hydrogens (tertiary/aromatic N) is 4. The summed E-state index contributed by atoms with van der Waals surface area (Å²) in [6, 6.07) is 14.4. The second kappa shape index (κ2) is 9.39. The fraction of sp³-hybridized carbons (Fsp3) is 0.304. The minimum absolute atomic E-state index is 0.0463. The molecule has 0 spiro atoms. The first-order valence-electron chi connectivity index (χ1n) is 10.0. The molecule has 0 radical (unpaired) electrons. The highest BCUT2D eigenvalue weighted by Gasteiger charge is 2.21. The molecule has 3 aromatic rings. The van der Waals surface area contributed by atoms with Gasteiger partial charge in [-0.05, 0) is 42.6 Å². The van der Waals surface area contributed by atoms with Crippen LogP contribution in [0.25, 0.3) is 11.1 Å². The first kappa shape index (κ1) is 19.2. The Morgan fingerprint density at radius 3 is 2.66 bits per heavy atom. The predicted molar refractivity (Wildman–Crippen MR) is 112 cm³/mol. The number of piperidine rings is 1. The lowest BCUT2D eigenvalue weighted by Crippen LogP contribution is -2.47. The maximum Gasteiger partial charge on any atom is 0.226 e. The molecule has 1 saturated heterocycles. The molecular weight excluding hydrogens is 362 g/mol. The predicted octanol–water partition coefficient (Wildman–Crippen LogP) is 2.86. The fourth-order valence-corrected chi connectivity index (χ4v) is 3.77. The third-order valence-corrected chi connectivity index (χ3v) is 5.19. The number of hydrogen-bond donors (Lipinski definition) is 1. The van der Waals surface area contributed by atoms with Crippen LogP contribution in [0.3, 0.4) is 0 Å². The van der Waals surface area contributed by atoms with E-state index in [9.17, 15) is 4.79 Å². The molecule has 0 bridgehead atoms. The summed E-state index contributed by atoms with van der Waals surface area (Å²) in [5.41, 5.74) is 4.22. The molecule has 1 unspecified atom stereocenters. The van der Waals surface area contributed by atoms with E-state index in [1.54, 1.807) is 12.5 Å². The number of hydrogen-bond acceptors (Lipinski definition) is 5. The van der Waals surface area contributed by atoms with Crippen molar-refractivity contribution in [3.63, 3.8) is 0 Å². The minimum Gasteiger partial charge on any atom is -0.352 e. The summed E-state index contributed by atoms with van der Waals surface area (Å²) in [5, 5.41) is 3.18. The molecule has 3 heterocycles. The standard InChI is InChI=1S/C23H25N5O/c29-23(12-21-4-1-2-10-26-21)27-22-5-3-11-28(16-22)15-18-6-8-19(9-7-18)20-13-24-17-25-14-20/h1-2,4,6-10,13-14,17,22H,3,5,11-12,15-16H2,(H,27,29). The molecule has 6 nitrogen and oxygen atoms in total. The van der Waals surface area contributed by atoms with Crippen molar-refractivity contribution in [3.05, 3.63) is 78.6 Å². The van der Waals surface area contributed by atoms with Gasteiger partial charge in [0.15, 0.2) is 0 Å². The molecule has 1 N–H and O–H groups in total. The summed E-state index contributed by atoms with van der Waals surface area (Å²) in [6.45, 7) is 2.82. The Balaban J connectivity index is 1.30. The normalized spacial score (nSPS) is 17.0. The van der Waals surface area contributed by atoms with Gasteiger partial charge < -0.3 is 5.32 Å². The molecule has 29 heavy (non-hydrogen) atoms. The van der Waals surface area contributed by atoms with Gasteiger partial charge in [0.1, 0.15) is 6.33 Å². The van der Waals surface area contributed by atoms with Crippen molar-refractivity contribution in [1.82, 2.24) is 25.2 Å². The van der Waals surface area contributed by atoms with Crippen molar-refractivity contribution in [2.45, 2.75) is 31.8 Å². The van der Waals surface area contributed by atoms with Crippen molar-refractivity contribution in [2.75, 3.05) is 13.1 Å². The molecule has 1 atom stereocenters. The largest absolute Gasteiger partial charge is 0.352 e. The van der Waals surface area contributed by atoms with Crippen molar-refractivity contribution < 1.29 is 4.79 Å². The fourth-order valence-electron chi connectivity index (χ4n) is 3.77. The Labute approximate surface area is 171 Å². The molecule has 1 aliphatic rings. The van der Waals surface area contributed by atoms with Gasteiger partial charge in [0.2, 0.25) is 5.91 Å². The molecule has 0 aliphatic carbocycles. The summed E-state index contributed by atoms with van der Waals surface area (Å²) >= 11 is 0. The Hall–Kier alpha value is -3.12. The first-order chi connectivity index (χ1) is 14.3. The van der Waals surface area contributed by atoms with E-state index < -0.39 is 0 Å². The van der Waals surface area contributed by atoms with Crippen LogP contribution in [0.15, 0.2) is 67.4 Å². The van der Waals surface area contributed by atoms with Crippen LogP contribution in [0, 0.1) is 0 Å². The van der Waals surface area contributed by atoms with E-state index >= 15 is 0 Å². The molecule has 148 valence electrons. The van der Waals surface area contributed by atoms with Gasteiger partial charge in [-0.15, -0.1) is 0 Å². The molecule has 1 aromatic carbocycles. The zero-order chi connectivity index (χ0) is 19.9. The van der Waals surface area contributed by atoms with E-state index in [-0.39, 0.29) is 11.9 Å². The van der Waals surface area contributed by atoms with Crippen molar-refractivity contribution in [2.24, 2.45) is 0 Å². The van der Waals surface area contributed by atoms with Crippen LogP contribution in [0.5, 0.6) is 0 Å². The quantitative estimate of drug-likeness (QED) is 0.704. The van der Waals surface area contributed by atoms with Crippen LogP contribution in [0.2, 0.25) is 0 Å². The lowest BCUT2D eigenvalue weighted by Gasteiger charge is -2.33. The van der Waals surface area contributed by atoms with E-state index in [1.165, 1.54) is 5.56 Å². The van der Waals surface area contributed by atoms with Gasteiger partial charge >= 0.3 is 0 Å². The second-order valence-electron chi connectivity index (χ2n) is 7.46. The third-order valence-electron chi connectivity index (χ3n) is 5.19. The van der Waals surface area contributed by atoms with E-state index in [0.717, 1.165) is 49.3 Å². The highest BCUT2D eigenvalue weighted by molar-refractivity contribution is 5.78. The van der Waals surface area contributed by atoms with Crippen LogP contribution in [-0.2, 0) is 17.8 Å². The number of benzene rings is 1. The van der Waals surface area contributed by atoms with Crippen LogP contribution in [0.1, 0.15) is 24.1 Å². The third kappa shape index (κ3) is 5.45. The van der Waals surface area contributed by atoms with E-state index in [2.05, 4.69) is 49.4 Å². The highest BCUT2D eigenvalue weighted by Crippen LogP contribution is 2.19. The number of amides is 1. The van der Waals surface area contributed by atoms with Gasteiger partial charge in [-0.25, -0.2) is 9.97 Å². The zero-order valence-electron chi connectivity index (χ0n) is 16.4. The first-order valence-corrected chi connectivity index (χ1v) is 10.0. The van der Waals surface area contributed by atoms with Crippen LogP contribution in [0.4, 0.5) is 0 Å². The lowest BCUT2D eigenvalue weighted by molar-refractivity contribution is -0.121. The lowest BCUT2D eigenvalue weighted by atomic mass is 10.0. The summed E-state index contributed by atoms with van der Waals surface area (Å²) in [6.07, 6.45) is 9.37. The summed E-state index contributed by atoms with van der Waals surface area (Å²) in [7, 11) is 0. The zero-order valence-corrected chi connectivity index (χ0v) is 16.4. The van der Waals surface area contributed by atoms with Gasteiger partial charge in [0.25, 0.3) is 0 Å². The Kier molecular flexibility index (Phi) is 6.22. The van der Waals surface area contributed by atoms with Crippen LogP contribution in [-0.4, -0.2) is 44.9 Å². The average molecular weight is 387 g/mol. The molecule has 6 heteroatoms. The van der Waals surface area contributed by atoms with Gasteiger partial charge in [-0.1, -0.05) is 30.3 Å². The summed E-state index contributed by atoms with van der Waals surface area (Å²) < 4.78 is 0. The highest BCUT2D eigenvalue weighted by atomic mass is 16.1. The number of pyridine rings is 1. The number of nitrogens with one attached hydrogen (secondary N) is 1. The molecule has 2 aromatic heterocycles. The number of rotatable bonds is 6. The molecule has 0 saturated carbocycles. The van der Waals surface area contributed by atoms with Gasteiger partial charge in [0.05, 0.1) is 6.42 Å². The second-order valence-corrected chi connectivity index (χ2v) is 7.46. The molecule has 4 rings (SSSR count). The van der Waals surface area contributed by atoms with E-state index in [4.69, 9.17) is 0 Å². The molecular formula is C23H25N5O. The number of likely N-dealkylation sites (tertiary alicyclic amines) is 1. The smallest absolute Gasteiger partial charge is 0.226 e. The van der Waals surface area contributed by atoms with Gasteiger partial charge in [-0.2, -0.15) is 0 Å². The van der Waals surface area contributed by atoms with Gasteiger partial charge in [0, 0.05) is 49.0 Å². The molecule has 1 aliphatic heterocycles. The maximum absolute atomic E-state index is 12.3. The SMILES string of the molecule is O=C(Cc1ccccn1)NC1CCCN(Cc2ccc(-c3cncnc3)cc2)C1. The summed E-state index contributed by atoms with van der Waals surface area (Å²) in [5.74, 6) is 0.0463. The molecule has 1 fully saturated rings. The van der Waals surface area contributed by atoms with E-state index in [0.29, 0.717) is 6.42 Å². The Morgan fingerprint density at radius 2 is 1.90 bits per heavy atom. The maximum atomic E-state index is 12.3. The van der Waals surface area contributed by atoms with Gasteiger partial charge in [-0.3, -0.25) is 14.7 Å². The van der Waals surface area contributed by atoms with E-state index in [1.807, 2.05) is 30.6 Å². The van der Waals surface area contributed by atoms with Crippen molar-refractivity contribution >= 4 is 5.91 Å². The summed E-state index contributed by atoms with van der Waals surface area (Å²) in [4.78, 5) is 27.1. The number of carbonyl (C=O) groups excluding carboxylic acids is 1. The number of carbonyl (C=O) groups is 1.